The highest BCUT2D eigenvalue weighted by molar-refractivity contribution is 7.93. The first kappa shape index (κ1) is 15.8. The molecule has 22 heavy (non-hydrogen) atoms. The van der Waals surface area contributed by atoms with Gasteiger partial charge in [-0.15, -0.1) is 0 Å². The van der Waals surface area contributed by atoms with E-state index in [4.69, 9.17) is 0 Å². The molecule has 0 aliphatic heterocycles. The van der Waals surface area contributed by atoms with Gasteiger partial charge in [-0.2, -0.15) is 0 Å². The van der Waals surface area contributed by atoms with Gasteiger partial charge in [-0.25, -0.2) is 17.2 Å². The van der Waals surface area contributed by atoms with Gasteiger partial charge < -0.3 is 0 Å². The Hall–Kier alpha value is -2.55. The number of halogens is 2. The number of benzene rings is 2. The van der Waals surface area contributed by atoms with Crippen LogP contribution in [0.3, 0.4) is 0 Å². The van der Waals surface area contributed by atoms with Crippen LogP contribution in [0.1, 0.15) is 5.56 Å². The molecule has 0 saturated carbocycles. The van der Waals surface area contributed by atoms with Gasteiger partial charge in [-0.3, -0.25) is 14.8 Å². The number of anilines is 1. The highest BCUT2D eigenvalue weighted by Crippen LogP contribution is 2.29. The molecule has 0 fully saturated rings. The summed E-state index contributed by atoms with van der Waals surface area (Å²) in [6.07, 6.45) is 0. The van der Waals surface area contributed by atoms with E-state index in [2.05, 4.69) is 0 Å². The van der Waals surface area contributed by atoms with Crippen molar-refractivity contribution in [1.82, 2.24) is 0 Å². The minimum absolute atomic E-state index is 0.138. The van der Waals surface area contributed by atoms with Crippen molar-refractivity contribution in [1.29, 1.82) is 0 Å². The maximum Gasteiger partial charge on any atom is 0.290 e. The minimum atomic E-state index is -4.38. The lowest BCUT2D eigenvalue weighted by atomic mass is 10.2. The van der Waals surface area contributed by atoms with Crippen LogP contribution in [0.2, 0.25) is 0 Å². The number of hydrogen-bond donors (Lipinski definition) is 1. The Bertz CT molecular complexity index is 833. The van der Waals surface area contributed by atoms with Crippen LogP contribution in [0, 0.1) is 28.7 Å². The van der Waals surface area contributed by atoms with E-state index in [1.54, 1.807) is 0 Å². The standard InChI is InChI=1S/C13H10F2N2O4S/c1-8-3-2-4-12(17(18)19)13(8)22(20,21)16-11-6-9(14)5-10(15)7-11/h2-7,16H,1H3. The van der Waals surface area contributed by atoms with Crippen molar-refractivity contribution in [2.75, 3.05) is 4.72 Å². The number of nitro benzene ring substituents is 1. The van der Waals surface area contributed by atoms with Crippen molar-refractivity contribution in [3.05, 3.63) is 63.7 Å². The molecule has 2 aromatic rings. The number of aryl methyl sites for hydroxylation is 1. The number of hydrogen-bond acceptors (Lipinski definition) is 4. The number of sulfonamides is 1. The van der Waals surface area contributed by atoms with Gasteiger partial charge in [0.1, 0.15) is 11.6 Å². The summed E-state index contributed by atoms with van der Waals surface area (Å²) in [5.41, 5.74) is -0.849. The molecule has 6 nitrogen and oxygen atoms in total. The fourth-order valence-corrected chi connectivity index (χ4v) is 3.39. The van der Waals surface area contributed by atoms with Gasteiger partial charge in [-0.1, -0.05) is 12.1 Å². The minimum Gasteiger partial charge on any atom is -0.279 e. The normalized spacial score (nSPS) is 11.2. The highest BCUT2D eigenvalue weighted by atomic mass is 32.2. The Morgan fingerprint density at radius 2 is 1.73 bits per heavy atom. The molecule has 9 heteroatoms. The molecule has 2 aromatic carbocycles. The molecule has 0 bridgehead atoms. The first-order chi connectivity index (χ1) is 10.2. The zero-order valence-corrected chi connectivity index (χ0v) is 12.0. The third-order valence-electron chi connectivity index (χ3n) is 2.77. The Morgan fingerprint density at radius 3 is 2.27 bits per heavy atom. The Kier molecular flexibility index (Phi) is 4.09. The van der Waals surface area contributed by atoms with Crippen LogP contribution in [0.4, 0.5) is 20.2 Å². The van der Waals surface area contributed by atoms with E-state index in [1.807, 2.05) is 4.72 Å². The second-order valence-electron chi connectivity index (χ2n) is 4.44. The molecule has 0 aromatic heterocycles. The van der Waals surface area contributed by atoms with Crippen molar-refractivity contribution in [2.45, 2.75) is 11.8 Å². The van der Waals surface area contributed by atoms with Crippen LogP contribution in [-0.2, 0) is 10.0 Å². The summed E-state index contributed by atoms with van der Waals surface area (Å²) < 4.78 is 52.8. The van der Waals surface area contributed by atoms with Gasteiger partial charge in [0.2, 0.25) is 0 Å². The maximum absolute atomic E-state index is 13.1. The van der Waals surface area contributed by atoms with Gasteiger partial charge in [0.15, 0.2) is 4.90 Å². The second kappa shape index (κ2) is 5.68. The molecular formula is C13H10F2N2O4S. The molecule has 0 radical (unpaired) electrons. The van der Waals surface area contributed by atoms with E-state index in [0.29, 0.717) is 6.07 Å². The summed E-state index contributed by atoms with van der Waals surface area (Å²) in [4.78, 5) is 9.58. The molecule has 0 aliphatic carbocycles. The van der Waals surface area contributed by atoms with E-state index in [-0.39, 0.29) is 11.3 Å². The largest absolute Gasteiger partial charge is 0.290 e. The molecule has 0 amide bonds. The molecule has 116 valence electrons. The second-order valence-corrected chi connectivity index (χ2v) is 6.06. The number of nitrogens with zero attached hydrogens (tertiary/aromatic N) is 1. The average molecular weight is 328 g/mol. The molecule has 0 saturated heterocycles. The van der Waals surface area contributed by atoms with Gasteiger partial charge >= 0.3 is 0 Å². The average Bonchev–Trinajstić information content (AvgIpc) is 2.35. The van der Waals surface area contributed by atoms with E-state index in [9.17, 15) is 27.3 Å². The molecular weight excluding hydrogens is 318 g/mol. The third kappa shape index (κ3) is 3.19. The lowest BCUT2D eigenvalue weighted by Crippen LogP contribution is -2.16. The summed E-state index contributed by atoms with van der Waals surface area (Å²) >= 11 is 0. The predicted octanol–water partition coefficient (Wildman–Crippen LogP) is 2.98. The molecule has 1 N–H and O–H groups in total. The number of nitro groups is 1. The fourth-order valence-electron chi connectivity index (χ4n) is 1.95. The zero-order valence-electron chi connectivity index (χ0n) is 11.2. The summed E-state index contributed by atoms with van der Waals surface area (Å²) in [5.74, 6) is -1.95. The smallest absolute Gasteiger partial charge is 0.279 e. The van der Waals surface area contributed by atoms with Crippen LogP contribution in [-0.4, -0.2) is 13.3 Å². The fraction of sp³-hybridized carbons (Fsp3) is 0.0769. The van der Waals surface area contributed by atoms with Crippen molar-refractivity contribution < 1.29 is 22.1 Å². The lowest BCUT2D eigenvalue weighted by molar-refractivity contribution is -0.387. The van der Waals surface area contributed by atoms with E-state index >= 15 is 0 Å². The van der Waals surface area contributed by atoms with Crippen molar-refractivity contribution in [3.63, 3.8) is 0 Å². The Balaban J connectivity index is 2.54. The van der Waals surface area contributed by atoms with Gasteiger partial charge in [-0.05, 0) is 24.6 Å². The van der Waals surface area contributed by atoms with Crippen LogP contribution in [0.5, 0.6) is 0 Å². The topological polar surface area (TPSA) is 89.3 Å². The van der Waals surface area contributed by atoms with Crippen molar-refractivity contribution in [2.24, 2.45) is 0 Å². The van der Waals surface area contributed by atoms with Crippen molar-refractivity contribution in [3.8, 4) is 0 Å². The summed E-state index contributed by atoms with van der Waals surface area (Å²) in [7, 11) is -4.38. The lowest BCUT2D eigenvalue weighted by Gasteiger charge is -2.10. The number of nitrogens with one attached hydrogen (secondary N) is 1. The van der Waals surface area contributed by atoms with E-state index in [1.165, 1.54) is 19.1 Å². The van der Waals surface area contributed by atoms with E-state index in [0.717, 1.165) is 18.2 Å². The highest BCUT2D eigenvalue weighted by Gasteiger charge is 2.28. The zero-order chi connectivity index (χ0) is 16.5. The molecule has 2 rings (SSSR count). The predicted molar refractivity (Wildman–Crippen MR) is 75.0 cm³/mol. The molecule has 0 spiro atoms. The summed E-state index contributed by atoms with van der Waals surface area (Å²) in [6.45, 7) is 1.38. The maximum atomic E-state index is 13.1. The van der Waals surface area contributed by atoms with Crippen LogP contribution >= 0.6 is 0 Å². The number of rotatable bonds is 4. The molecule has 0 atom stereocenters. The monoisotopic (exact) mass is 328 g/mol. The Labute approximate surface area is 124 Å². The molecule has 0 unspecified atom stereocenters. The summed E-state index contributed by atoms with van der Waals surface area (Å²) in [5, 5.41) is 11.0. The van der Waals surface area contributed by atoms with Crippen LogP contribution in [0.25, 0.3) is 0 Å². The van der Waals surface area contributed by atoms with Crippen molar-refractivity contribution >= 4 is 21.4 Å². The Morgan fingerprint density at radius 1 is 1.14 bits per heavy atom. The summed E-state index contributed by atoms with van der Waals surface area (Å²) in [6, 6.07) is 5.87. The third-order valence-corrected chi connectivity index (χ3v) is 4.34. The molecule has 0 heterocycles. The molecule has 0 aliphatic rings. The van der Waals surface area contributed by atoms with Gasteiger partial charge in [0.25, 0.3) is 15.7 Å². The quantitative estimate of drug-likeness (QED) is 0.690. The van der Waals surface area contributed by atoms with Gasteiger partial charge in [0.05, 0.1) is 10.6 Å². The van der Waals surface area contributed by atoms with Gasteiger partial charge in [0, 0.05) is 12.1 Å². The first-order valence-corrected chi connectivity index (χ1v) is 7.42. The van der Waals surface area contributed by atoms with Crippen LogP contribution in [0.15, 0.2) is 41.3 Å². The van der Waals surface area contributed by atoms with Crippen LogP contribution < -0.4 is 4.72 Å². The first-order valence-electron chi connectivity index (χ1n) is 5.93. The SMILES string of the molecule is Cc1cccc([N+](=O)[O-])c1S(=O)(=O)Nc1cc(F)cc(F)c1. The van der Waals surface area contributed by atoms with E-state index < -0.39 is 37.2 Å².